The van der Waals surface area contributed by atoms with E-state index in [1.165, 1.54) is 35.6 Å². The van der Waals surface area contributed by atoms with E-state index in [9.17, 15) is 18.0 Å². The molecule has 172 valence electrons. The number of carbonyl (C=O) groups is 2. The molecule has 0 aliphatic heterocycles. The fourth-order valence-corrected chi connectivity index (χ4v) is 4.40. The Balaban J connectivity index is 1.63. The van der Waals surface area contributed by atoms with Crippen LogP contribution >= 0.6 is 0 Å². The molecule has 3 rings (SSSR count). The maximum atomic E-state index is 12.9. The summed E-state index contributed by atoms with van der Waals surface area (Å²) in [6, 6.07) is 21.9. The predicted molar refractivity (Wildman–Crippen MR) is 130 cm³/mol. The number of benzene rings is 3. The van der Waals surface area contributed by atoms with Gasteiger partial charge in [0.05, 0.1) is 10.6 Å². The number of rotatable bonds is 9. The molecule has 0 bridgehead atoms. The Hall–Kier alpha value is -3.65. The van der Waals surface area contributed by atoms with Crippen LogP contribution in [0.15, 0.2) is 83.8 Å². The molecule has 0 atom stereocenters. The topological polar surface area (TPSA) is 95.6 Å². The number of amides is 2. The van der Waals surface area contributed by atoms with Crippen molar-refractivity contribution in [3.63, 3.8) is 0 Å². The molecule has 0 aromatic heterocycles. The van der Waals surface area contributed by atoms with Crippen molar-refractivity contribution >= 4 is 33.2 Å². The average molecular weight is 466 g/mol. The Labute approximate surface area is 194 Å². The summed E-state index contributed by atoms with van der Waals surface area (Å²) in [4.78, 5) is 24.4. The van der Waals surface area contributed by atoms with E-state index < -0.39 is 10.0 Å². The molecule has 0 unspecified atom stereocenters. The predicted octanol–water partition coefficient (Wildman–Crippen LogP) is 4.18. The van der Waals surface area contributed by atoms with Gasteiger partial charge in [-0.15, -0.1) is 0 Å². The summed E-state index contributed by atoms with van der Waals surface area (Å²) in [5.74, 6) is -0.373. The zero-order chi connectivity index (χ0) is 23.8. The Morgan fingerprint density at radius 3 is 2.27 bits per heavy atom. The Morgan fingerprint density at radius 2 is 1.61 bits per heavy atom. The van der Waals surface area contributed by atoms with Crippen molar-refractivity contribution in [3.05, 3.63) is 90.0 Å². The number of anilines is 2. The summed E-state index contributed by atoms with van der Waals surface area (Å²) in [6.45, 7) is 2.21. The van der Waals surface area contributed by atoms with E-state index in [1.807, 2.05) is 31.2 Å². The second kappa shape index (κ2) is 10.8. The quantitative estimate of drug-likeness (QED) is 0.496. The minimum atomic E-state index is -3.74. The van der Waals surface area contributed by atoms with Gasteiger partial charge in [-0.05, 0) is 60.5 Å². The van der Waals surface area contributed by atoms with Gasteiger partial charge in [0.2, 0.25) is 5.91 Å². The van der Waals surface area contributed by atoms with Crippen LogP contribution in [0.1, 0.15) is 35.7 Å². The second-order valence-corrected chi connectivity index (χ2v) is 9.48. The zero-order valence-electron chi connectivity index (χ0n) is 18.6. The van der Waals surface area contributed by atoms with E-state index in [1.54, 1.807) is 30.3 Å². The summed E-state index contributed by atoms with van der Waals surface area (Å²) in [5.41, 5.74) is 2.41. The molecule has 33 heavy (non-hydrogen) atoms. The van der Waals surface area contributed by atoms with Crippen LogP contribution in [0.4, 0.5) is 11.4 Å². The number of nitrogens with one attached hydrogen (secondary N) is 2. The number of hydrogen-bond donors (Lipinski definition) is 2. The van der Waals surface area contributed by atoms with Crippen LogP contribution in [0.2, 0.25) is 0 Å². The molecule has 3 aromatic rings. The van der Waals surface area contributed by atoms with Gasteiger partial charge < -0.3 is 10.6 Å². The lowest BCUT2D eigenvalue weighted by Crippen LogP contribution is -2.27. The third-order valence-corrected chi connectivity index (χ3v) is 6.84. The van der Waals surface area contributed by atoms with E-state index in [2.05, 4.69) is 10.6 Å². The minimum absolute atomic E-state index is 0.0494. The van der Waals surface area contributed by atoms with Gasteiger partial charge in [0.1, 0.15) is 0 Å². The second-order valence-electron chi connectivity index (χ2n) is 7.51. The van der Waals surface area contributed by atoms with Gasteiger partial charge in [0.25, 0.3) is 15.9 Å². The number of carbonyl (C=O) groups excluding carboxylic acids is 2. The fourth-order valence-electron chi connectivity index (χ4n) is 3.21. The first-order valence-corrected chi connectivity index (χ1v) is 12.1. The van der Waals surface area contributed by atoms with E-state index >= 15 is 0 Å². The molecule has 0 saturated heterocycles. The van der Waals surface area contributed by atoms with Gasteiger partial charge in [0, 0.05) is 31.3 Å². The molecule has 0 fully saturated rings. The highest BCUT2D eigenvalue weighted by atomic mass is 32.2. The smallest absolute Gasteiger partial charge is 0.264 e. The first kappa shape index (κ1) is 24.0. The third kappa shape index (κ3) is 6.20. The Kier molecular flexibility index (Phi) is 7.84. The summed E-state index contributed by atoms with van der Waals surface area (Å²) in [6.07, 6.45) is 1.22. The average Bonchev–Trinajstić information content (AvgIpc) is 2.83. The van der Waals surface area contributed by atoms with E-state index in [-0.39, 0.29) is 23.3 Å². The highest BCUT2D eigenvalue weighted by molar-refractivity contribution is 7.92. The maximum absolute atomic E-state index is 12.9. The van der Waals surface area contributed by atoms with Gasteiger partial charge in [-0.3, -0.25) is 13.9 Å². The molecular weight excluding hydrogens is 438 g/mol. The lowest BCUT2D eigenvalue weighted by molar-refractivity contribution is -0.116. The first-order chi connectivity index (χ1) is 15.8. The zero-order valence-corrected chi connectivity index (χ0v) is 19.4. The molecule has 0 heterocycles. The van der Waals surface area contributed by atoms with Crippen molar-refractivity contribution in [2.45, 2.75) is 31.2 Å². The van der Waals surface area contributed by atoms with Crippen molar-refractivity contribution < 1.29 is 18.0 Å². The molecule has 3 aromatic carbocycles. The third-order valence-electron chi connectivity index (χ3n) is 5.04. The van der Waals surface area contributed by atoms with Crippen molar-refractivity contribution in [1.82, 2.24) is 5.32 Å². The molecule has 8 heteroatoms. The maximum Gasteiger partial charge on any atom is 0.264 e. The van der Waals surface area contributed by atoms with Crippen LogP contribution < -0.4 is 14.9 Å². The first-order valence-electron chi connectivity index (χ1n) is 10.6. The molecular formula is C25H27N3O4S. The van der Waals surface area contributed by atoms with E-state index in [4.69, 9.17) is 0 Å². The summed E-state index contributed by atoms with van der Waals surface area (Å²) >= 11 is 0. The molecule has 0 saturated carbocycles. The molecule has 0 spiro atoms. The molecule has 7 nitrogen and oxygen atoms in total. The highest BCUT2D eigenvalue weighted by Crippen LogP contribution is 2.22. The van der Waals surface area contributed by atoms with E-state index in [0.29, 0.717) is 23.4 Å². The lowest BCUT2D eigenvalue weighted by atomic mass is 10.1. The Morgan fingerprint density at radius 1 is 0.909 bits per heavy atom. The monoisotopic (exact) mass is 465 g/mol. The number of sulfonamides is 1. The largest absolute Gasteiger partial charge is 0.348 e. The SMILES string of the molecule is CCCC(=O)Nc1cccc(CNC(=O)c2ccc(S(=O)(=O)N(C)c3ccccc3)cc2)c1. The molecule has 0 aliphatic carbocycles. The van der Waals surface area contributed by atoms with Crippen LogP contribution in [0.25, 0.3) is 0 Å². The normalized spacial score (nSPS) is 11.0. The molecule has 2 N–H and O–H groups in total. The summed E-state index contributed by atoms with van der Waals surface area (Å²) in [7, 11) is -2.25. The minimum Gasteiger partial charge on any atom is -0.348 e. The fraction of sp³-hybridized carbons (Fsp3) is 0.200. The van der Waals surface area contributed by atoms with Crippen LogP contribution in [-0.2, 0) is 21.4 Å². The number of para-hydroxylation sites is 1. The van der Waals surface area contributed by atoms with Crippen molar-refractivity contribution in [2.24, 2.45) is 0 Å². The Bertz CT molecular complexity index is 1210. The van der Waals surface area contributed by atoms with E-state index in [0.717, 1.165) is 12.0 Å². The lowest BCUT2D eigenvalue weighted by Gasteiger charge is -2.19. The van der Waals surface area contributed by atoms with Crippen LogP contribution in [0.5, 0.6) is 0 Å². The van der Waals surface area contributed by atoms with Crippen molar-refractivity contribution in [3.8, 4) is 0 Å². The van der Waals surface area contributed by atoms with Gasteiger partial charge in [-0.25, -0.2) is 8.42 Å². The van der Waals surface area contributed by atoms with Gasteiger partial charge in [-0.2, -0.15) is 0 Å². The molecule has 2 amide bonds. The van der Waals surface area contributed by atoms with Crippen molar-refractivity contribution in [2.75, 3.05) is 16.7 Å². The molecule has 0 aliphatic rings. The summed E-state index contributed by atoms with van der Waals surface area (Å²) < 4.78 is 26.9. The van der Waals surface area contributed by atoms with Crippen LogP contribution in [0.3, 0.4) is 0 Å². The molecule has 0 radical (unpaired) electrons. The van der Waals surface area contributed by atoms with Gasteiger partial charge in [0.15, 0.2) is 0 Å². The van der Waals surface area contributed by atoms with Crippen LogP contribution in [-0.4, -0.2) is 27.3 Å². The van der Waals surface area contributed by atoms with Crippen molar-refractivity contribution in [1.29, 1.82) is 0 Å². The van der Waals surface area contributed by atoms with Gasteiger partial charge in [-0.1, -0.05) is 37.3 Å². The number of hydrogen-bond acceptors (Lipinski definition) is 4. The standard InChI is InChI=1S/C25H27N3O4S/c1-3-8-24(29)27-21-10-7-9-19(17-21)18-26-25(30)20-13-15-23(16-14-20)33(31,32)28(2)22-11-5-4-6-12-22/h4-7,9-17H,3,8,18H2,1-2H3,(H,26,30)(H,27,29). The van der Waals surface area contributed by atoms with Gasteiger partial charge >= 0.3 is 0 Å². The highest BCUT2D eigenvalue weighted by Gasteiger charge is 2.21. The van der Waals surface area contributed by atoms with Crippen LogP contribution in [0, 0.1) is 0 Å². The number of nitrogens with zero attached hydrogens (tertiary/aromatic N) is 1. The summed E-state index contributed by atoms with van der Waals surface area (Å²) in [5, 5.41) is 5.65.